The molecule has 1 amide bonds. The van der Waals surface area contributed by atoms with Crippen LogP contribution in [0.4, 0.5) is 4.39 Å². The van der Waals surface area contributed by atoms with Crippen molar-refractivity contribution in [2.45, 2.75) is 46.2 Å². The molecule has 1 unspecified atom stereocenters. The van der Waals surface area contributed by atoms with Gasteiger partial charge in [-0.2, -0.15) is 0 Å². The van der Waals surface area contributed by atoms with Gasteiger partial charge in [-0.3, -0.25) is 4.79 Å². The first-order chi connectivity index (χ1) is 9.73. The maximum absolute atomic E-state index is 14.0. The zero-order valence-electron chi connectivity index (χ0n) is 13.4. The minimum Gasteiger partial charge on any atom is -0.484 e. The van der Waals surface area contributed by atoms with Gasteiger partial charge in [0, 0.05) is 23.2 Å². The fourth-order valence-corrected chi connectivity index (χ4v) is 1.97. The zero-order valence-corrected chi connectivity index (χ0v) is 13.4. The Balaban J connectivity index is 2.62. The first kappa shape index (κ1) is 17.4. The molecule has 1 aromatic carbocycles. The van der Waals surface area contributed by atoms with Gasteiger partial charge >= 0.3 is 0 Å². The van der Waals surface area contributed by atoms with E-state index in [9.17, 15) is 9.18 Å². The highest BCUT2D eigenvalue weighted by molar-refractivity contribution is 5.78. The average molecular weight is 296 g/mol. The lowest BCUT2D eigenvalue weighted by molar-refractivity contribution is -0.124. The first-order valence-electron chi connectivity index (χ1n) is 7.19. The Morgan fingerprint density at radius 3 is 2.57 bits per heavy atom. The molecule has 0 saturated carbocycles. The van der Waals surface area contributed by atoms with Crippen LogP contribution in [0.3, 0.4) is 0 Å². The Kier molecular flexibility index (Phi) is 6.15. The van der Waals surface area contributed by atoms with Gasteiger partial charge in [0.05, 0.1) is 0 Å². The van der Waals surface area contributed by atoms with E-state index in [1.807, 2.05) is 34.6 Å². The topological polar surface area (TPSA) is 50.4 Å². The maximum atomic E-state index is 14.0. The molecule has 0 aliphatic heterocycles. The van der Waals surface area contributed by atoms with Crippen LogP contribution in [0.25, 0.3) is 0 Å². The molecule has 21 heavy (non-hydrogen) atoms. The summed E-state index contributed by atoms with van der Waals surface area (Å²) in [5.41, 5.74) is 0.278. The summed E-state index contributed by atoms with van der Waals surface area (Å²) in [6.45, 7) is 10.2. The molecule has 5 heteroatoms. The molecule has 1 atom stereocenters. The number of benzene rings is 1. The molecule has 0 saturated heterocycles. The van der Waals surface area contributed by atoms with Crippen LogP contribution < -0.4 is 15.4 Å². The van der Waals surface area contributed by atoms with E-state index >= 15 is 0 Å². The SMILES string of the molecule is CCNC(C)c1ccc(OCC(=O)NC(C)(C)C)cc1F. The summed E-state index contributed by atoms with van der Waals surface area (Å²) in [6, 6.07) is 4.61. The highest BCUT2D eigenvalue weighted by atomic mass is 19.1. The van der Waals surface area contributed by atoms with Gasteiger partial charge in [-0.1, -0.05) is 13.0 Å². The quantitative estimate of drug-likeness (QED) is 0.848. The lowest BCUT2D eigenvalue weighted by atomic mass is 10.1. The third-order valence-corrected chi connectivity index (χ3v) is 2.83. The highest BCUT2D eigenvalue weighted by Crippen LogP contribution is 2.21. The van der Waals surface area contributed by atoms with Crippen LogP contribution in [0, 0.1) is 5.82 Å². The van der Waals surface area contributed by atoms with E-state index in [1.165, 1.54) is 6.07 Å². The second-order valence-electron chi connectivity index (χ2n) is 6.05. The van der Waals surface area contributed by atoms with Crippen LogP contribution in [-0.2, 0) is 4.79 Å². The number of rotatable bonds is 6. The molecule has 0 aliphatic carbocycles. The average Bonchev–Trinajstić information content (AvgIpc) is 2.34. The van der Waals surface area contributed by atoms with Crippen molar-refractivity contribution in [3.05, 3.63) is 29.6 Å². The summed E-state index contributed by atoms with van der Waals surface area (Å²) in [6.07, 6.45) is 0. The molecule has 0 aromatic heterocycles. The number of carbonyl (C=O) groups excluding carboxylic acids is 1. The minimum atomic E-state index is -0.336. The van der Waals surface area contributed by atoms with Gasteiger partial charge in [0.1, 0.15) is 11.6 Å². The summed E-state index contributed by atoms with van der Waals surface area (Å²) < 4.78 is 19.3. The van der Waals surface area contributed by atoms with E-state index in [-0.39, 0.29) is 29.9 Å². The van der Waals surface area contributed by atoms with Crippen molar-refractivity contribution in [2.24, 2.45) is 0 Å². The summed E-state index contributed by atoms with van der Waals surface area (Å²) in [7, 11) is 0. The minimum absolute atomic E-state index is 0.0618. The van der Waals surface area contributed by atoms with E-state index in [1.54, 1.807) is 12.1 Å². The first-order valence-corrected chi connectivity index (χ1v) is 7.19. The number of hydrogen-bond donors (Lipinski definition) is 2. The summed E-state index contributed by atoms with van der Waals surface area (Å²) >= 11 is 0. The molecule has 2 N–H and O–H groups in total. The standard InChI is InChI=1S/C16H25FN2O2/c1-6-18-11(2)13-8-7-12(9-14(13)17)21-10-15(20)19-16(3,4)5/h7-9,11,18H,6,10H2,1-5H3,(H,19,20). The lowest BCUT2D eigenvalue weighted by Gasteiger charge is -2.20. The molecule has 4 nitrogen and oxygen atoms in total. The number of nitrogens with one attached hydrogen (secondary N) is 2. The Morgan fingerprint density at radius 1 is 1.38 bits per heavy atom. The number of hydrogen-bond acceptors (Lipinski definition) is 3. The predicted octanol–water partition coefficient (Wildman–Crippen LogP) is 2.79. The number of ether oxygens (including phenoxy) is 1. The van der Waals surface area contributed by atoms with Crippen molar-refractivity contribution < 1.29 is 13.9 Å². The lowest BCUT2D eigenvalue weighted by Crippen LogP contribution is -2.43. The second kappa shape index (κ2) is 7.41. The van der Waals surface area contributed by atoms with Crippen LogP contribution in [0.1, 0.15) is 46.2 Å². The van der Waals surface area contributed by atoms with Crippen LogP contribution in [0.2, 0.25) is 0 Å². The van der Waals surface area contributed by atoms with Crippen LogP contribution in [0.15, 0.2) is 18.2 Å². The van der Waals surface area contributed by atoms with Gasteiger partial charge in [0.25, 0.3) is 5.91 Å². The van der Waals surface area contributed by atoms with Gasteiger partial charge in [-0.15, -0.1) is 0 Å². The van der Waals surface area contributed by atoms with Gasteiger partial charge in [0.15, 0.2) is 6.61 Å². The Bertz CT molecular complexity index is 484. The van der Waals surface area contributed by atoms with Crippen molar-refractivity contribution in [2.75, 3.05) is 13.2 Å². The molecule has 0 spiro atoms. The van der Waals surface area contributed by atoms with Gasteiger partial charge < -0.3 is 15.4 Å². The molecule has 118 valence electrons. The molecule has 0 radical (unpaired) electrons. The smallest absolute Gasteiger partial charge is 0.258 e. The number of halogens is 1. The molecule has 0 bridgehead atoms. The molecule has 0 fully saturated rings. The van der Waals surface area contributed by atoms with Gasteiger partial charge in [0.2, 0.25) is 0 Å². The third-order valence-electron chi connectivity index (χ3n) is 2.83. The van der Waals surface area contributed by atoms with Gasteiger partial charge in [-0.05, 0) is 40.3 Å². The van der Waals surface area contributed by atoms with Crippen molar-refractivity contribution >= 4 is 5.91 Å². The van der Waals surface area contributed by atoms with Crippen molar-refractivity contribution in [3.8, 4) is 5.75 Å². The Hall–Kier alpha value is -1.62. The van der Waals surface area contributed by atoms with E-state index in [4.69, 9.17) is 4.74 Å². The summed E-state index contributed by atoms with van der Waals surface area (Å²) in [5.74, 6) is -0.214. The Labute approximate surface area is 126 Å². The van der Waals surface area contributed by atoms with E-state index in [2.05, 4.69) is 10.6 Å². The molecule has 0 heterocycles. The monoisotopic (exact) mass is 296 g/mol. The van der Waals surface area contributed by atoms with Crippen molar-refractivity contribution in [1.82, 2.24) is 10.6 Å². The van der Waals surface area contributed by atoms with Gasteiger partial charge in [-0.25, -0.2) is 4.39 Å². The predicted molar refractivity (Wildman–Crippen MR) is 81.9 cm³/mol. The number of carbonyl (C=O) groups is 1. The molecular formula is C16H25FN2O2. The molecule has 0 aliphatic rings. The van der Waals surface area contributed by atoms with E-state index in [0.717, 1.165) is 6.54 Å². The van der Waals surface area contributed by atoms with Crippen LogP contribution >= 0.6 is 0 Å². The highest BCUT2D eigenvalue weighted by Gasteiger charge is 2.15. The zero-order chi connectivity index (χ0) is 16.0. The summed E-state index contributed by atoms with van der Waals surface area (Å²) in [4.78, 5) is 11.6. The normalized spacial score (nSPS) is 12.9. The van der Waals surface area contributed by atoms with Crippen LogP contribution in [-0.4, -0.2) is 24.6 Å². The second-order valence-corrected chi connectivity index (χ2v) is 6.05. The van der Waals surface area contributed by atoms with E-state index < -0.39 is 0 Å². The molecular weight excluding hydrogens is 271 g/mol. The number of amides is 1. The van der Waals surface area contributed by atoms with Crippen LogP contribution in [0.5, 0.6) is 5.75 Å². The Morgan fingerprint density at radius 2 is 2.05 bits per heavy atom. The van der Waals surface area contributed by atoms with Crippen molar-refractivity contribution in [1.29, 1.82) is 0 Å². The molecule has 1 rings (SSSR count). The fraction of sp³-hybridized carbons (Fsp3) is 0.562. The van der Waals surface area contributed by atoms with Crippen molar-refractivity contribution in [3.63, 3.8) is 0 Å². The third kappa shape index (κ3) is 6.12. The largest absolute Gasteiger partial charge is 0.484 e. The summed E-state index contributed by atoms with van der Waals surface area (Å²) in [5, 5.41) is 5.94. The maximum Gasteiger partial charge on any atom is 0.258 e. The fourth-order valence-electron chi connectivity index (χ4n) is 1.97. The molecule has 1 aromatic rings. The van der Waals surface area contributed by atoms with E-state index in [0.29, 0.717) is 11.3 Å².